The standard InChI is InChI=1S/C17H15ClN4OS/c1-10-17(21-14-6-4-3-5-13(14)20-10)24-11(2)16(23)22-15-8-7-12(18)9-19-15/h3-9,11H,1-2H3,(H,19,22,23). The highest BCUT2D eigenvalue weighted by molar-refractivity contribution is 8.00. The van der Waals surface area contributed by atoms with E-state index in [1.807, 2.05) is 38.1 Å². The molecule has 0 fully saturated rings. The third-order valence-corrected chi connectivity index (χ3v) is 4.74. The maximum Gasteiger partial charge on any atom is 0.238 e. The largest absolute Gasteiger partial charge is 0.310 e. The van der Waals surface area contributed by atoms with Crippen LogP contribution in [-0.2, 0) is 4.79 Å². The summed E-state index contributed by atoms with van der Waals surface area (Å²) >= 11 is 7.16. The van der Waals surface area contributed by atoms with Crippen LogP contribution in [0.15, 0.2) is 47.6 Å². The second-order valence-corrected chi connectivity index (χ2v) is 6.98. The predicted molar refractivity (Wildman–Crippen MR) is 97.5 cm³/mol. The summed E-state index contributed by atoms with van der Waals surface area (Å²) < 4.78 is 0. The smallest absolute Gasteiger partial charge is 0.238 e. The molecule has 3 rings (SSSR count). The Kier molecular flexibility index (Phi) is 4.97. The summed E-state index contributed by atoms with van der Waals surface area (Å²) in [5.41, 5.74) is 2.47. The van der Waals surface area contributed by atoms with Gasteiger partial charge in [-0.25, -0.2) is 15.0 Å². The number of nitrogens with one attached hydrogen (secondary N) is 1. The van der Waals surface area contributed by atoms with Crippen LogP contribution in [-0.4, -0.2) is 26.1 Å². The van der Waals surface area contributed by atoms with Gasteiger partial charge in [-0.1, -0.05) is 35.5 Å². The number of benzene rings is 1. The number of hydrogen-bond acceptors (Lipinski definition) is 5. The number of para-hydroxylation sites is 2. The fourth-order valence-electron chi connectivity index (χ4n) is 2.08. The highest BCUT2D eigenvalue weighted by Crippen LogP contribution is 2.26. The highest BCUT2D eigenvalue weighted by Gasteiger charge is 2.18. The molecule has 1 amide bonds. The molecule has 2 heterocycles. The molecular weight excluding hydrogens is 344 g/mol. The number of pyridine rings is 1. The quantitative estimate of drug-likeness (QED) is 0.711. The number of thioether (sulfide) groups is 1. The van der Waals surface area contributed by atoms with Crippen molar-refractivity contribution in [1.82, 2.24) is 15.0 Å². The van der Waals surface area contributed by atoms with E-state index in [0.717, 1.165) is 21.8 Å². The first-order valence-corrected chi connectivity index (χ1v) is 8.61. The molecule has 0 spiro atoms. The first-order valence-electron chi connectivity index (χ1n) is 7.35. The Labute approximate surface area is 148 Å². The van der Waals surface area contributed by atoms with Gasteiger partial charge in [0.15, 0.2) is 0 Å². The summed E-state index contributed by atoms with van der Waals surface area (Å²) in [6.07, 6.45) is 1.49. The van der Waals surface area contributed by atoms with Crippen molar-refractivity contribution in [2.45, 2.75) is 24.1 Å². The van der Waals surface area contributed by atoms with E-state index in [1.165, 1.54) is 18.0 Å². The third kappa shape index (κ3) is 3.83. The van der Waals surface area contributed by atoms with E-state index in [2.05, 4.69) is 20.3 Å². The summed E-state index contributed by atoms with van der Waals surface area (Å²) in [6.45, 7) is 3.72. The molecule has 7 heteroatoms. The van der Waals surface area contributed by atoms with E-state index in [-0.39, 0.29) is 11.2 Å². The number of nitrogens with zero attached hydrogens (tertiary/aromatic N) is 3. The Morgan fingerprint density at radius 1 is 1.17 bits per heavy atom. The first kappa shape index (κ1) is 16.7. The van der Waals surface area contributed by atoms with Gasteiger partial charge in [0.25, 0.3) is 0 Å². The van der Waals surface area contributed by atoms with Gasteiger partial charge in [-0.2, -0.15) is 0 Å². The monoisotopic (exact) mass is 358 g/mol. The second-order valence-electron chi connectivity index (χ2n) is 5.21. The van der Waals surface area contributed by atoms with Gasteiger partial charge in [0, 0.05) is 6.20 Å². The van der Waals surface area contributed by atoms with Gasteiger partial charge in [0.1, 0.15) is 10.8 Å². The maximum atomic E-state index is 12.3. The molecular formula is C17H15ClN4OS. The Hall–Kier alpha value is -2.18. The van der Waals surface area contributed by atoms with E-state index in [9.17, 15) is 4.79 Å². The lowest BCUT2D eigenvalue weighted by molar-refractivity contribution is -0.115. The van der Waals surface area contributed by atoms with Gasteiger partial charge < -0.3 is 5.32 Å². The lowest BCUT2D eigenvalue weighted by atomic mass is 10.3. The Balaban J connectivity index is 1.74. The molecule has 0 aliphatic rings. The van der Waals surface area contributed by atoms with Gasteiger partial charge in [-0.05, 0) is 38.1 Å². The van der Waals surface area contributed by atoms with Crippen LogP contribution in [0.1, 0.15) is 12.6 Å². The van der Waals surface area contributed by atoms with Crippen molar-refractivity contribution >= 4 is 46.1 Å². The molecule has 122 valence electrons. The fraction of sp³-hybridized carbons (Fsp3) is 0.176. The average Bonchev–Trinajstić information content (AvgIpc) is 2.57. The molecule has 2 aromatic heterocycles. The molecule has 0 radical (unpaired) electrons. The lowest BCUT2D eigenvalue weighted by Gasteiger charge is -2.12. The van der Waals surface area contributed by atoms with Crippen LogP contribution in [0.4, 0.5) is 5.82 Å². The van der Waals surface area contributed by atoms with Crippen LogP contribution in [0.3, 0.4) is 0 Å². The number of rotatable bonds is 4. The van der Waals surface area contributed by atoms with Gasteiger partial charge in [0.2, 0.25) is 5.91 Å². The number of carbonyl (C=O) groups is 1. The maximum absolute atomic E-state index is 12.3. The summed E-state index contributed by atoms with van der Waals surface area (Å²) in [6, 6.07) is 11.0. The van der Waals surface area contributed by atoms with E-state index >= 15 is 0 Å². The van der Waals surface area contributed by atoms with Crippen molar-refractivity contribution in [2.75, 3.05) is 5.32 Å². The van der Waals surface area contributed by atoms with Crippen molar-refractivity contribution < 1.29 is 4.79 Å². The normalized spacial score (nSPS) is 12.1. The van der Waals surface area contributed by atoms with Crippen LogP contribution in [0.2, 0.25) is 5.02 Å². The van der Waals surface area contributed by atoms with Crippen LogP contribution < -0.4 is 5.32 Å². The summed E-state index contributed by atoms with van der Waals surface area (Å²) in [5, 5.41) is 3.71. The minimum absolute atomic E-state index is 0.149. The molecule has 0 saturated carbocycles. The topological polar surface area (TPSA) is 67.8 Å². The Morgan fingerprint density at radius 3 is 2.54 bits per heavy atom. The van der Waals surface area contributed by atoms with E-state index in [4.69, 9.17) is 11.6 Å². The van der Waals surface area contributed by atoms with Crippen LogP contribution in [0.5, 0.6) is 0 Å². The van der Waals surface area contributed by atoms with Crippen molar-refractivity contribution in [3.8, 4) is 0 Å². The number of aromatic nitrogens is 3. The number of fused-ring (bicyclic) bond motifs is 1. The molecule has 0 saturated heterocycles. The minimum Gasteiger partial charge on any atom is -0.310 e. The molecule has 0 aliphatic carbocycles. The van der Waals surface area contributed by atoms with Gasteiger partial charge >= 0.3 is 0 Å². The third-order valence-electron chi connectivity index (χ3n) is 3.34. The molecule has 5 nitrogen and oxygen atoms in total. The molecule has 1 aromatic carbocycles. The first-order chi connectivity index (χ1) is 11.5. The number of aryl methyl sites for hydroxylation is 1. The molecule has 3 aromatic rings. The van der Waals surface area contributed by atoms with Gasteiger partial charge in [0.05, 0.1) is 27.0 Å². The Bertz CT molecular complexity index is 885. The molecule has 1 atom stereocenters. The van der Waals surface area contributed by atoms with Crippen molar-refractivity contribution in [3.63, 3.8) is 0 Å². The second kappa shape index (κ2) is 7.15. The number of carbonyl (C=O) groups excluding carboxylic acids is 1. The summed E-state index contributed by atoms with van der Waals surface area (Å²) in [7, 11) is 0. The zero-order chi connectivity index (χ0) is 17.1. The van der Waals surface area contributed by atoms with Crippen LogP contribution in [0.25, 0.3) is 11.0 Å². The summed E-state index contributed by atoms with van der Waals surface area (Å²) in [4.78, 5) is 25.5. The average molecular weight is 359 g/mol. The zero-order valence-corrected chi connectivity index (χ0v) is 14.7. The number of hydrogen-bond donors (Lipinski definition) is 1. The fourth-order valence-corrected chi connectivity index (χ4v) is 3.06. The summed E-state index contributed by atoms with van der Waals surface area (Å²) in [5.74, 6) is 0.322. The molecule has 0 aliphatic heterocycles. The molecule has 1 unspecified atom stereocenters. The number of amides is 1. The number of halogens is 1. The molecule has 0 bridgehead atoms. The van der Waals surface area contributed by atoms with Crippen LogP contribution >= 0.6 is 23.4 Å². The van der Waals surface area contributed by atoms with Crippen molar-refractivity contribution in [2.24, 2.45) is 0 Å². The minimum atomic E-state index is -0.336. The zero-order valence-electron chi connectivity index (χ0n) is 13.2. The highest BCUT2D eigenvalue weighted by atomic mass is 35.5. The Morgan fingerprint density at radius 2 is 1.88 bits per heavy atom. The predicted octanol–water partition coefficient (Wildman–Crippen LogP) is 4.11. The SMILES string of the molecule is Cc1nc2ccccc2nc1SC(C)C(=O)Nc1ccc(Cl)cn1. The molecule has 24 heavy (non-hydrogen) atoms. The van der Waals surface area contributed by atoms with E-state index in [1.54, 1.807) is 12.1 Å². The van der Waals surface area contributed by atoms with Crippen LogP contribution in [0, 0.1) is 6.92 Å². The van der Waals surface area contributed by atoms with Gasteiger partial charge in [-0.15, -0.1) is 0 Å². The lowest BCUT2D eigenvalue weighted by Crippen LogP contribution is -2.23. The van der Waals surface area contributed by atoms with Crippen molar-refractivity contribution in [3.05, 3.63) is 53.3 Å². The van der Waals surface area contributed by atoms with E-state index < -0.39 is 0 Å². The van der Waals surface area contributed by atoms with E-state index in [0.29, 0.717) is 10.8 Å². The molecule has 1 N–H and O–H groups in total. The van der Waals surface area contributed by atoms with Crippen molar-refractivity contribution in [1.29, 1.82) is 0 Å². The van der Waals surface area contributed by atoms with Gasteiger partial charge in [-0.3, -0.25) is 4.79 Å². The number of anilines is 1.